The number of aromatic nitrogens is 3. The van der Waals surface area contributed by atoms with E-state index in [1.807, 2.05) is 13.8 Å². The third-order valence-electron chi connectivity index (χ3n) is 3.23. The Labute approximate surface area is 121 Å². The molecule has 1 aromatic carbocycles. The van der Waals surface area contributed by atoms with Crippen LogP contribution in [0.4, 0.5) is 13.2 Å². The van der Waals surface area contributed by atoms with Gasteiger partial charge in [0.25, 0.3) is 0 Å². The number of nitrogens with zero attached hydrogens (tertiary/aromatic N) is 3. The normalized spacial score (nSPS) is 12.7. The summed E-state index contributed by atoms with van der Waals surface area (Å²) in [7, 11) is 0. The Hall–Kier alpha value is -1.89. The molecule has 0 radical (unpaired) electrons. The standard InChI is InChI=1S/C14H17F3N4/c1-4-5-18-8(2)13-9(3)21(20-19-13)14-11(16)6-10(15)7-12(14)17/h6-8,18H,4-5H2,1-3H3. The second kappa shape index (κ2) is 6.26. The zero-order chi connectivity index (χ0) is 15.6. The first kappa shape index (κ1) is 15.5. The van der Waals surface area contributed by atoms with Crippen molar-refractivity contribution >= 4 is 0 Å². The molecule has 0 fully saturated rings. The van der Waals surface area contributed by atoms with Crippen LogP contribution in [0.1, 0.15) is 37.7 Å². The minimum Gasteiger partial charge on any atom is -0.309 e. The molecular weight excluding hydrogens is 281 g/mol. The van der Waals surface area contributed by atoms with Crippen molar-refractivity contribution in [1.29, 1.82) is 0 Å². The fourth-order valence-electron chi connectivity index (χ4n) is 2.15. The average Bonchev–Trinajstić information content (AvgIpc) is 2.77. The van der Waals surface area contributed by atoms with Crippen LogP contribution in [0.15, 0.2) is 12.1 Å². The summed E-state index contributed by atoms with van der Waals surface area (Å²) >= 11 is 0. The lowest BCUT2D eigenvalue weighted by Gasteiger charge is -2.12. The molecule has 2 aromatic rings. The minimum atomic E-state index is -1.01. The van der Waals surface area contributed by atoms with Crippen molar-refractivity contribution in [2.45, 2.75) is 33.2 Å². The van der Waals surface area contributed by atoms with Crippen molar-refractivity contribution in [2.24, 2.45) is 0 Å². The number of hydrogen-bond donors (Lipinski definition) is 1. The Balaban J connectivity index is 2.41. The van der Waals surface area contributed by atoms with Crippen LogP contribution in [0, 0.1) is 24.4 Å². The number of rotatable bonds is 5. The average molecular weight is 298 g/mol. The van der Waals surface area contributed by atoms with Crippen molar-refractivity contribution in [3.63, 3.8) is 0 Å². The summed E-state index contributed by atoms with van der Waals surface area (Å²) in [4.78, 5) is 0. The third-order valence-corrected chi connectivity index (χ3v) is 3.23. The third kappa shape index (κ3) is 3.07. The fourth-order valence-corrected chi connectivity index (χ4v) is 2.15. The minimum absolute atomic E-state index is 0.0923. The molecule has 0 bridgehead atoms. The molecule has 0 aliphatic carbocycles. The molecule has 114 valence electrons. The molecule has 4 nitrogen and oxygen atoms in total. The maximum Gasteiger partial charge on any atom is 0.154 e. The van der Waals surface area contributed by atoms with Gasteiger partial charge >= 0.3 is 0 Å². The van der Waals surface area contributed by atoms with E-state index in [4.69, 9.17) is 0 Å². The van der Waals surface area contributed by atoms with Crippen LogP contribution in [0.3, 0.4) is 0 Å². The Bertz CT molecular complexity index is 616. The van der Waals surface area contributed by atoms with Crippen molar-refractivity contribution in [3.8, 4) is 5.69 Å². The molecule has 2 rings (SSSR count). The lowest BCUT2D eigenvalue weighted by Crippen LogP contribution is -2.20. The van der Waals surface area contributed by atoms with Crippen molar-refractivity contribution < 1.29 is 13.2 Å². The highest BCUT2D eigenvalue weighted by atomic mass is 19.1. The van der Waals surface area contributed by atoms with E-state index in [0.29, 0.717) is 23.5 Å². The van der Waals surface area contributed by atoms with E-state index in [0.717, 1.165) is 17.6 Å². The smallest absolute Gasteiger partial charge is 0.154 e. The fraction of sp³-hybridized carbons (Fsp3) is 0.429. The van der Waals surface area contributed by atoms with Crippen LogP contribution in [-0.2, 0) is 0 Å². The van der Waals surface area contributed by atoms with Crippen LogP contribution in [0.25, 0.3) is 5.69 Å². The van der Waals surface area contributed by atoms with E-state index in [-0.39, 0.29) is 6.04 Å². The molecular formula is C14H17F3N4. The molecule has 1 atom stereocenters. The molecule has 1 aromatic heterocycles. The topological polar surface area (TPSA) is 42.7 Å². The highest BCUT2D eigenvalue weighted by Crippen LogP contribution is 2.23. The summed E-state index contributed by atoms with van der Waals surface area (Å²) in [5.41, 5.74) is 0.692. The van der Waals surface area contributed by atoms with Gasteiger partial charge < -0.3 is 5.32 Å². The van der Waals surface area contributed by atoms with Gasteiger partial charge in [-0.3, -0.25) is 0 Å². The van der Waals surface area contributed by atoms with Gasteiger partial charge in [-0.2, -0.15) is 0 Å². The van der Waals surface area contributed by atoms with E-state index in [1.165, 1.54) is 0 Å². The first-order valence-electron chi connectivity index (χ1n) is 6.76. The summed E-state index contributed by atoms with van der Waals surface area (Å²) in [6, 6.07) is 1.15. The second-order valence-corrected chi connectivity index (χ2v) is 4.87. The second-order valence-electron chi connectivity index (χ2n) is 4.87. The molecule has 1 heterocycles. The Morgan fingerprint density at radius 2 is 1.86 bits per heavy atom. The van der Waals surface area contributed by atoms with E-state index < -0.39 is 23.1 Å². The molecule has 0 spiro atoms. The Morgan fingerprint density at radius 3 is 2.43 bits per heavy atom. The zero-order valence-electron chi connectivity index (χ0n) is 12.1. The number of nitrogens with one attached hydrogen (secondary N) is 1. The monoisotopic (exact) mass is 298 g/mol. The predicted octanol–water partition coefficient (Wildman–Crippen LogP) is 3.05. The van der Waals surface area contributed by atoms with Gasteiger partial charge in [0.1, 0.15) is 17.2 Å². The summed E-state index contributed by atoms with van der Waals surface area (Å²) in [6.45, 7) is 6.40. The van der Waals surface area contributed by atoms with Gasteiger partial charge in [-0.05, 0) is 26.8 Å². The highest BCUT2D eigenvalue weighted by Gasteiger charge is 2.21. The maximum absolute atomic E-state index is 13.8. The maximum atomic E-state index is 13.8. The van der Waals surface area contributed by atoms with Crippen molar-refractivity contribution in [3.05, 3.63) is 41.0 Å². The Kier molecular flexibility index (Phi) is 4.62. The van der Waals surface area contributed by atoms with Gasteiger partial charge in [0.2, 0.25) is 0 Å². The van der Waals surface area contributed by atoms with Crippen LogP contribution in [-0.4, -0.2) is 21.5 Å². The van der Waals surface area contributed by atoms with Gasteiger partial charge in [-0.1, -0.05) is 12.1 Å². The molecule has 0 amide bonds. The zero-order valence-corrected chi connectivity index (χ0v) is 12.1. The summed E-state index contributed by atoms with van der Waals surface area (Å²) in [6.07, 6.45) is 0.957. The number of halogens is 3. The van der Waals surface area contributed by atoms with Crippen molar-refractivity contribution in [2.75, 3.05) is 6.54 Å². The molecule has 0 aliphatic heterocycles. The highest BCUT2D eigenvalue weighted by molar-refractivity contribution is 5.37. The SMILES string of the molecule is CCCNC(C)c1nnn(-c2c(F)cc(F)cc2F)c1C. The molecule has 0 saturated heterocycles. The van der Waals surface area contributed by atoms with Gasteiger partial charge in [0, 0.05) is 12.1 Å². The summed E-state index contributed by atoms with van der Waals surface area (Å²) in [5, 5.41) is 11.0. The van der Waals surface area contributed by atoms with Gasteiger partial charge in [-0.25, -0.2) is 17.9 Å². The summed E-state index contributed by atoms with van der Waals surface area (Å²) in [5.74, 6) is -2.99. The van der Waals surface area contributed by atoms with Gasteiger partial charge in [0.05, 0.1) is 11.7 Å². The molecule has 21 heavy (non-hydrogen) atoms. The van der Waals surface area contributed by atoms with Crippen LogP contribution in [0.2, 0.25) is 0 Å². The quantitative estimate of drug-likeness (QED) is 0.922. The van der Waals surface area contributed by atoms with E-state index in [1.54, 1.807) is 6.92 Å². The molecule has 7 heteroatoms. The largest absolute Gasteiger partial charge is 0.309 e. The Morgan fingerprint density at radius 1 is 1.24 bits per heavy atom. The van der Waals surface area contributed by atoms with E-state index in [2.05, 4.69) is 15.6 Å². The van der Waals surface area contributed by atoms with Crippen LogP contribution < -0.4 is 5.32 Å². The van der Waals surface area contributed by atoms with Crippen LogP contribution in [0.5, 0.6) is 0 Å². The predicted molar refractivity (Wildman–Crippen MR) is 72.7 cm³/mol. The van der Waals surface area contributed by atoms with Crippen molar-refractivity contribution in [1.82, 2.24) is 20.3 Å². The van der Waals surface area contributed by atoms with E-state index in [9.17, 15) is 13.2 Å². The molecule has 1 N–H and O–H groups in total. The summed E-state index contributed by atoms with van der Waals surface area (Å²) < 4.78 is 41.6. The number of benzene rings is 1. The molecule has 1 unspecified atom stereocenters. The van der Waals surface area contributed by atoms with E-state index >= 15 is 0 Å². The van der Waals surface area contributed by atoms with Gasteiger partial charge in [-0.15, -0.1) is 5.10 Å². The lowest BCUT2D eigenvalue weighted by atomic mass is 10.2. The van der Waals surface area contributed by atoms with Gasteiger partial charge in [0.15, 0.2) is 11.6 Å². The lowest BCUT2D eigenvalue weighted by molar-refractivity contribution is 0.524. The molecule has 0 saturated carbocycles. The molecule has 0 aliphatic rings. The first-order valence-corrected chi connectivity index (χ1v) is 6.76. The number of hydrogen-bond acceptors (Lipinski definition) is 3. The van der Waals surface area contributed by atoms with Crippen LogP contribution >= 0.6 is 0 Å². The first-order chi connectivity index (χ1) is 9.95.